The van der Waals surface area contributed by atoms with E-state index in [9.17, 15) is 0 Å². The number of benzene rings is 1. The maximum Gasteiger partial charge on any atom is 0.0938 e. The minimum absolute atomic E-state index is 0. The fraction of sp³-hybridized carbons (Fsp3) is 0.100. The molecule has 0 unspecified atom stereocenters. The third-order valence-electron chi connectivity index (χ3n) is 1.81. The number of rotatable bonds is 1. The molecule has 0 spiro atoms. The van der Waals surface area contributed by atoms with Crippen molar-refractivity contribution in [3.8, 4) is 11.3 Å². The molecule has 2 aromatic rings. The van der Waals surface area contributed by atoms with Crippen LogP contribution in [0.2, 0.25) is 0 Å². The number of nitrogens with zero attached hydrogens (tertiary/aromatic N) is 2. The van der Waals surface area contributed by atoms with E-state index in [0.717, 1.165) is 15.9 Å². The maximum absolute atomic E-state index is 4.32. The Hall–Kier alpha value is -0.441. The molecule has 75 valence electrons. The zero-order valence-electron chi connectivity index (χ0n) is 7.49. The van der Waals surface area contributed by atoms with Gasteiger partial charge in [-0.15, -0.1) is 35.9 Å². The SMILES string of the molecule is Cn1nc(-c2[c-]cccc2)cc1Br.[Ir]. The quantitative estimate of drug-likeness (QED) is 0.639. The van der Waals surface area contributed by atoms with Gasteiger partial charge in [-0.3, -0.25) is 4.68 Å². The largest absolute Gasteiger partial charge is 0.271 e. The first-order valence-electron chi connectivity index (χ1n) is 3.94. The summed E-state index contributed by atoms with van der Waals surface area (Å²) in [7, 11) is 1.90. The van der Waals surface area contributed by atoms with E-state index in [-0.39, 0.29) is 20.1 Å². The summed E-state index contributed by atoms with van der Waals surface area (Å²) >= 11 is 3.40. The van der Waals surface area contributed by atoms with Crippen molar-refractivity contribution in [2.45, 2.75) is 0 Å². The first kappa shape index (κ1) is 11.6. The Morgan fingerprint density at radius 2 is 2.21 bits per heavy atom. The van der Waals surface area contributed by atoms with E-state index in [1.54, 1.807) is 4.68 Å². The second-order valence-electron chi connectivity index (χ2n) is 2.75. The third kappa shape index (κ3) is 2.32. The standard InChI is InChI=1S/C10H8BrN2.Ir/c1-13-10(11)7-9(12-13)8-5-3-2-4-6-8;/h2-5,7H,1H3;/q-1;. The van der Waals surface area contributed by atoms with Gasteiger partial charge in [0.2, 0.25) is 0 Å². The van der Waals surface area contributed by atoms with Crippen LogP contribution in [0.25, 0.3) is 11.3 Å². The van der Waals surface area contributed by atoms with Crippen molar-refractivity contribution in [1.29, 1.82) is 0 Å². The summed E-state index contributed by atoms with van der Waals surface area (Å²) < 4.78 is 2.76. The molecule has 0 saturated carbocycles. The molecule has 1 aromatic carbocycles. The molecule has 0 bridgehead atoms. The number of aryl methyl sites for hydroxylation is 1. The molecule has 1 heterocycles. The average Bonchev–Trinajstić information content (AvgIpc) is 2.49. The van der Waals surface area contributed by atoms with Crippen LogP contribution in [0, 0.1) is 6.07 Å². The monoisotopic (exact) mass is 428 g/mol. The minimum Gasteiger partial charge on any atom is -0.271 e. The Morgan fingerprint density at radius 1 is 1.43 bits per heavy atom. The molecule has 4 heteroatoms. The molecule has 2 rings (SSSR count). The van der Waals surface area contributed by atoms with Crippen LogP contribution in [-0.4, -0.2) is 9.78 Å². The van der Waals surface area contributed by atoms with Gasteiger partial charge in [0, 0.05) is 32.8 Å². The maximum atomic E-state index is 4.32. The predicted octanol–water partition coefficient (Wildman–Crippen LogP) is 2.65. The summed E-state index contributed by atoms with van der Waals surface area (Å²) in [5, 5.41) is 4.32. The van der Waals surface area contributed by atoms with E-state index in [0.29, 0.717) is 0 Å². The Morgan fingerprint density at radius 3 is 2.71 bits per heavy atom. The van der Waals surface area contributed by atoms with Crippen molar-refractivity contribution in [3.05, 3.63) is 41.0 Å². The molecular weight excluding hydrogens is 420 g/mol. The van der Waals surface area contributed by atoms with Crippen LogP contribution in [0.4, 0.5) is 0 Å². The second kappa shape index (κ2) is 4.87. The van der Waals surface area contributed by atoms with Crippen LogP contribution >= 0.6 is 15.9 Å². The van der Waals surface area contributed by atoms with Gasteiger partial charge in [-0.05, 0) is 22.0 Å². The summed E-state index contributed by atoms with van der Waals surface area (Å²) in [6.45, 7) is 0. The molecular formula is C10H8BrIrN2-. The van der Waals surface area contributed by atoms with Crippen molar-refractivity contribution in [1.82, 2.24) is 9.78 Å². The van der Waals surface area contributed by atoms with Gasteiger partial charge in [-0.1, -0.05) is 0 Å². The molecule has 14 heavy (non-hydrogen) atoms. The number of halogens is 1. The van der Waals surface area contributed by atoms with Crippen LogP contribution < -0.4 is 0 Å². The fourth-order valence-corrected chi connectivity index (χ4v) is 1.42. The minimum atomic E-state index is 0. The number of hydrogen-bond acceptors (Lipinski definition) is 1. The Kier molecular flexibility index (Phi) is 4.05. The van der Waals surface area contributed by atoms with Gasteiger partial charge < -0.3 is 0 Å². The van der Waals surface area contributed by atoms with Crippen molar-refractivity contribution in [2.24, 2.45) is 7.05 Å². The van der Waals surface area contributed by atoms with Gasteiger partial charge in [0.25, 0.3) is 0 Å². The van der Waals surface area contributed by atoms with Gasteiger partial charge in [-0.2, -0.15) is 0 Å². The van der Waals surface area contributed by atoms with Gasteiger partial charge in [0.1, 0.15) is 0 Å². The van der Waals surface area contributed by atoms with Gasteiger partial charge in [0.15, 0.2) is 0 Å². The van der Waals surface area contributed by atoms with Crippen molar-refractivity contribution in [3.63, 3.8) is 0 Å². The van der Waals surface area contributed by atoms with Crippen LogP contribution in [0.5, 0.6) is 0 Å². The average molecular weight is 428 g/mol. The van der Waals surface area contributed by atoms with Crippen LogP contribution in [-0.2, 0) is 27.2 Å². The zero-order valence-corrected chi connectivity index (χ0v) is 11.5. The number of aromatic nitrogens is 2. The summed E-state index contributed by atoms with van der Waals surface area (Å²) in [6.07, 6.45) is 0. The molecule has 1 aromatic heterocycles. The van der Waals surface area contributed by atoms with Crippen LogP contribution in [0.15, 0.2) is 34.9 Å². The fourth-order valence-electron chi connectivity index (χ4n) is 1.13. The summed E-state index contributed by atoms with van der Waals surface area (Å²) in [6, 6.07) is 12.9. The van der Waals surface area contributed by atoms with Crippen molar-refractivity contribution >= 4 is 15.9 Å². The smallest absolute Gasteiger partial charge is 0.0938 e. The molecule has 0 saturated heterocycles. The van der Waals surface area contributed by atoms with E-state index < -0.39 is 0 Å². The molecule has 0 atom stereocenters. The second-order valence-corrected chi connectivity index (χ2v) is 3.56. The Balaban J connectivity index is 0.000000980. The summed E-state index contributed by atoms with van der Waals surface area (Å²) in [5.74, 6) is 0. The first-order valence-corrected chi connectivity index (χ1v) is 4.73. The van der Waals surface area contributed by atoms with E-state index in [1.807, 2.05) is 37.4 Å². The van der Waals surface area contributed by atoms with Gasteiger partial charge >= 0.3 is 0 Å². The van der Waals surface area contributed by atoms with Crippen LogP contribution in [0.1, 0.15) is 0 Å². The molecule has 0 N–H and O–H groups in total. The topological polar surface area (TPSA) is 17.8 Å². The molecule has 1 radical (unpaired) electrons. The van der Waals surface area contributed by atoms with Crippen LogP contribution in [0.3, 0.4) is 0 Å². The van der Waals surface area contributed by atoms with Crippen molar-refractivity contribution < 1.29 is 20.1 Å². The summed E-state index contributed by atoms with van der Waals surface area (Å²) in [5.41, 5.74) is 1.96. The Labute approximate surface area is 105 Å². The first-order chi connectivity index (χ1) is 6.27. The number of hydrogen-bond donors (Lipinski definition) is 0. The predicted molar refractivity (Wildman–Crippen MR) is 55.2 cm³/mol. The van der Waals surface area contributed by atoms with Gasteiger partial charge in [0.05, 0.1) is 4.60 Å². The molecule has 0 aliphatic carbocycles. The van der Waals surface area contributed by atoms with E-state index in [4.69, 9.17) is 0 Å². The van der Waals surface area contributed by atoms with E-state index in [2.05, 4.69) is 27.1 Å². The van der Waals surface area contributed by atoms with E-state index >= 15 is 0 Å². The zero-order chi connectivity index (χ0) is 9.26. The normalized spacial score (nSPS) is 9.57. The van der Waals surface area contributed by atoms with Gasteiger partial charge in [-0.25, -0.2) is 5.10 Å². The molecule has 0 aliphatic rings. The molecule has 0 aliphatic heterocycles. The van der Waals surface area contributed by atoms with Crippen molar-refractivity contribution in [2.75, 3.05) is 0 Å². The molecule has 0 fully saturated rings. The Bertz CT molecular complexity index is 392. The molecule has 0 amide bonds. The molecule has 2 nitrogen and oxygen atoms in total. The third-order valence-corrected chi connectivity index (χ3v) is 2.55. The summed E-state index contributed by atoms with van der Waals surface area (Å²) in [4.78, 5) is 0. The van der Waals surface area contributed by atoms with E-state index in [1.165, 1.54) is 0 Å².